The van der Waals surface area contributed by atoms with Crippen LogP contribution in [-0.2, 0) is 19.0 Å². The molecule has 0 saturated heterocycles. The average molecular weight is 246 g/mol. The molecule has 0 aliphatic rings. The summed E-state index contributed by atoms with van der Waals surface area (Å²) in [6, 6.07) is 0. The van der Waals surface area contributed by atoms with E-state index in [0.717, 1.165) is 12.8 Å². The van der Waals surface area contributed by atoms with Crippen molar-refractivity contribution >= 4 is 5.97 Å². The maximum absolute atomic E-state index is 11.5. The van der Waals surface area contributed by atoms with Crippen molar-refractivity contribution in [2.24, 2.45) is 0 Å². The van der Waals surface area contributed by atoms with Crippen LogP contribution in [0, 0.1) is 0 Å². The predicted molar refractivity (Wildman–Crippen MR) is 66.7 cm³/mol. The SMILES string of the molecule is CCCCOC(=O)CC(OC(C)C)OC(C)C. The van der Waals surface area contributed by atoms with Crippen molar-refractivity contribution in [2.45, 2.75) is 72.4 Å². The summed E-state index contributed by atoms with van der Waals surface area (Å²) in [6.07, 6.45) is 1.61. The van der Waals surface area contributed by atoms with Gasteiger partial charge in [-0.15, -0.1) is 0 Å². The zero-order chi connectivity index (χ0) is 13.3. The fourth-order valence-electron chi connectivity index (χ4n) is 1.26. The average Bonchev–Trinajstić information content (AvgIpc) is 2.15. The Morgan fingerprint density at radius 2 is 1.59 bits per heavy atom. The topological polar surface area (TPSA) is 44.8 Å². The molecule has 0 saturated carbocycles. The Bertz CT molecular complexity index is 192. The third-order valence-corrected chi connectivity index (χ3v) is 1.94. The van der Waals surface area contributed by atoms with Gasteiger partial charge in [-0.2, -0.15) is 0 Å². The van der Waals surface area contributed by atoms with Gasteiger partial charge in [-0.25, -0.2) is 0 Å². The number of hydrogen-bond donors (Lipinski definition) is 0. The molecule has 0 atom stereocenters. The number of hydrogen-bond acceptors (Lipinski definition) is 4. The normalized spacial score (nSPS) is 11.5. The number of carbonyl (C=O) groups is 1. The van der Waals surface area contributed by atoms with E-state index in [2.05, 4.69) is 6.92 Å². The molecule has 0 unspecified atom stereocenters. The highest BCUT2D eigenvalue weighted by Crippen LogP contribution is 2.09. The summed E-state index contributed by atoms with van der Waals surface area (Å²) in [7, 11) is 0. The Balaban J connectivity index is 3.99. The molecule has 0 aliphatic carbocycles. The minimum absolute atomic E-state index is 0.0298. The molecule has 0 rings (SSSR count). The van der Waals surface area contributed by atoms with Crippen LogP contribution < -0.4 is 0 Å². The van der Waals surface area contributed by atoms with Crippen LogP contribution in [0.25, 0.3) is 0 Å². The van der Waals surface area contributed by atoms with Gasteiger partial charge in [0.15, 0.2) is 6.29 Å². The lowest BCUT2D eigenvalue weighted by Gasteiger charge is -2.22. The molecule has 0 radical (unpaired) electrons. The van der Waals surface area contributed by atoms with E-state index in [9.17, 15) is 4.79 Å². The molecule has 0 amide bonds. The summed E-state index contributed by atoms with van der Waals surface area (Å²) in [6.45, 7) is 10.2. The van der Waals surface area contributed by atoms with E-state index in [1.165, 1.54) is 0 Å². The summed E-state index contributed by atoms with van der Waals surface area (Å²) >= 11 is 0. The third-order valence-electron chi connectivity index (χ3n) is 1.94. The van der Waals surface area contributed by atoms with Gasteiger partial charge in [0.25, 0.3) is 0 Å². The van der Waals surface area contributed by atoms with Gasteiger partial charge >= 0.3 is 5.97 Å². The van der Waals surface area contributed by atoms with Crippen molar-refractivity contribution in [1.82, 2.24) is 0 Å². The van der Waals surface area contributed by atoms with Gasteiger partial charge in [0.1, 0.15) is 0 Å². The highest BCUT2D eigenvalue weighted by atomic mass is 16.7. The molecule has 0 spiro atoms. The molecule has 17 heavy (non-hydrogen) atoms. The first-order valence-corrected chi connectivity index (χ1v) is 6.42. The highest BCUT2D eigenvalue weighted by Gasteiger charge is 2.18. The monoisotopic (exact) mass is 246 g/mol. The maximum atomic E-state index is 11.5. The van der Waals surface area contributed by atoms with Crippen molar-refractivity contribution in [1.29, 1.82) is 0 Å². The van der Waals surface area contributed by atoms with Crippen molar-refractivity contribution in [3.63, 3.8) is 0 Å². The Labute approximate surface area is 105 Å². The largest absolute Gasteiger partial charge is 0.466 e. The van der Waals surface area contributed by atoms with Crippen molar-refractivity contribution in [3.05, 3.63) is 0 Å². The van der Waals surface area contributed by atoms with Crippen LogP contribution in [-0.4, -0.2) is 31.1 Å². The predicted octanol–water partition coefficient (Wildman–Crippen LogP) is 2.90. The fourth-order valence-corrected chi connectivity index (χ4v) is 1.26. The van der Waals surface area contributed by atoms with E-state index < -0.39 is 6.29 Å². The first-order valence-electron chi connectivity index (χ1n) is 6.42. The van der Waals surface area contributed by atoms with Crippen LogP contribution in [0.1, 0.15) is 53.9 Å². The van der Waals surface area contributed by atoms with Gasteiger partial charge in [0, 0.05) is 0 Å². The van der Waals surface area contributed by atoms with Crippen LogP contribution in [0.3, 0.4) is 0 Å². The number of ether oxygens (including phenoxy) is 3. The first kappa shape index (κ1) is 16.4. The second kappa shape index (κ2) is 9.42. The molecule has 0 aromatic heterocycles. The van der Waals surface area contributed by atoms with Gasteiger partial charge in [-0.1, -0.05) is 13.3 Å². The molecule has 0 heterocycles. The lowest BCUT2D eigenvalue weighted by atomic mass is 10.3. The zero-order valence-electron chi connectivity index (χ0n) is 11.7. The molecule has 4 heteroatoms. The summed E-state index contributed by atoms with van der Waals surface area (Å²) in [4.78, 5) is 11.5. The van der Waals surface area contributed by atoms with E-state index in [0.29, 0.717) is 6.61 Å². The quantitative estimate of drug-likeness (QED) is 0.356. The van der Waals surface area contributed by atoms with E-state index in [1.807, 2.05) is 27.7 Å². The second-order valence-electron chi connectivity index (χ2n) is 4.58. The van der Waals surface area contributed by atoms with Crippen LogP contribution in [0.4, 0.5) is 0 Å². The number of carbonyl (C=O) groups excluding carboxylic acids is 1. The van der Waals surface area contributed by atoms with E-state index in [1.54, 1.807) is 0 Å². The molecule has 0 bridgehead atoms. The standard InChI is InChI=1S/C13H26O4/c1-6-7-8-15-12(14)9-13(16-10(2)3)17-11(4)5/h10-11,13H,6-9H2,1-5H3. The Morgan fingerprint density at radius 1 is 1.06 bits per heavy atom. The summed E-state index contributed by atoms with van der Waals surface area (Å²) in [5.41, 5.74) is 0. The third kappa shape index (κ3) is 10.3. The second-order valence-corrected chi connectivity index (χ2v) is 4.58. The van der Waals surface area contributed by atoms with Crippen LogP contribution in [0.15, 0.2) is 0 Å². The smallest absolute Gasteiger partial charge is 0.310 e. The summed E-state index contributed by atoms with van der Waals surface area (Å²) < 4.78 is 16.1. The molecule has 0 N–H and O–H groups in total. The van der Waals surface area contributed by atoms with Crippen LogP contribution in [0.5, 0.6) is 0 Å². The fraction of sp³-hybridized carbons (Fsp3) is 0.923. The van der Waals surface area contributed by atoms with Crippen molar-refractivity contribution < 1.29 is 19.0 Å². The van der Waals surface area contributed by atoms with Gasteiger partial charge in [-0.3, -0.25) is 4.79 Å². The van der Waals surface area contributed by atoms with E-state index in [-0.39, 0.29) is 24.6 Å². The van der Waals surface area contributed by atoms with Crippen LogP contribution in [0.2, 0.25) is 0 Å². The molecule has 4 nitrogen and oxygen atoms in total. The molecule has 0 aromatic rings. The molecular formula is C13H26O4. The Morgan fingerprint density at radius 3 is 2.00 bits per heavy atom. The number of unbranched alkanes of at least 4 members (excludes halogenated alkanes) is 1. The van der Waals surface area contributed by atoms with Gasteiger partial charge in [0.2, 0.25) is 0 Å². The number of esters is 1. The summed E-state index contributed by atoms with van der Waals surface area (Å²) in [5.74, 6) is -0.259. The molecule has 0 aromatic carbocycles. The molecular weight excluding hydrogens is 220 g/mol. The van der Waals surface area contributed by atoms with E-state index >= 15 is 0 Å². The van der Waals surface area contributed by atoms with Gasteiger partial charge in [0.05, 0.1) is 25.2 Å². The minimum Gasteiger partial charge on any atom is -0.466 e. The first-order chi connectivity index (χ1) is 7.95. The van der Waals surface area contributed by atoms with Gasteiger partial charge < -0.3 is 14.2 Å². The summed E-state index contributed by atoms with van der Waals surface area (Å²) in [5, 5.41) is 0. The molecule has 0 fully saturated rings. The van der Waals surface area contributed by atoms with Gasteiger partial charge in [-0.05, 0) is 34.1 Å². The van der Waals surface area contributed by atoms with Crippen molar-refractivity contribution in [2.75, 3.05) is 6.61 Å². The molecule has 0 aliphatic heterocycles. The zero-order valence-corrected chi connectivity index (χ0v) is 11.7. The minimum atomic E-state index is -0.510. The lowest BCUT2D eigenvalue weighted by molar-refractivity contribution is -0.193. The maximum Gasteiger partial charge on any atom is 0.310 e. The van der Waals surface area contributed by atoms with Crippen LogP contribution >= 0.6 is 0 Å². The van der Waals surface area contributed by atoms with Crippen molar-refractivity contribution in [3.8, 4) is 0 Å². The highest BCUT2D eigenvalue weighted by molar-refractivity contribution is 5.69. The Kier molecular flexibility index (Phi) is 9.09. The number of rotatable bonds is 9. The lowest BCUT2D eigenvalue weighted by Crippen LogP contribution is -2.28. The van der Waals surface area contributed by atoms with E-state index in [4.69, 9.17) is 14.2 Å². The molecule has 102 valence electrons. The Hall–Kier alpha value is -0.610.